The lowest BCUT2D eigenvalue weighted by atomic mass is 10.0. The van der Waals surface area contributed by atoms with Gasteiger partial charge in [0.25, 0.3) is 0 Å². The third-order valence-corrected chi connectivity index (χ3v) is 3.27. The molecule has 3 unspecified atom stereocenters. The zero-order chi connectivity index (χ0) is 13.8. The molecule has 0 bridgehead atoms. The average Bonchev–Trinajstić information content (AvgIpc) is 2.43. The number of amides is 1. The van der Waals surface area contributed by atoms with Gasteiger partial charge in [-0.15, -0.1) is 12.4 Å². The summed E-state index contributed by atoms with van der Waals surface area (Å²) in [5.74, 6) is 1.19. The largest absolute Gasteiger partial charge is 0.486 e. The zero-order valence-electron chi connectivity index (χ0n) is 11.7. The lowest BCUT2D eigenvalue weighted by Gasteiger charge is -2.27. The molecule has 0 saturated carbocycles. The van der Waals surface area contributed by atoms with Gasteiger partial charge >= 0.3 is 0 Å². The Morgan fingerprint density at radius 1 is 1.40 bits per heavy atom. The molecule has 0 fully saturated rings. The number of fused-ring (bicyclic) bond motifs is 1. The van der Waals surface area contributed by atoms with Crippen molar-refractivity contribution in [3.8, 4) is 11.5 Å². The fourth-order valence-electron chi connectivity index (χ4n) is 1.78. The van der Waals surface area contributed by atoms with E-state index in [9.17, 15) is 4.79 Å². The smallest absolute Gasteiger partial charge is 0.224 e. The molecule has 1 amide bonds. The monoisotopic (exact) mass is 300 g/mol. The molecule has 0 aromatic heterocycles. The Balaban J connectivity index is 0.00000200. The Morgan fingerprint density at radius 2 is 2.05 bits per heavy atom. The Bertz CT molecular complexity index is 454. The molecule has 3 N–H and O–H groups in total. The number of rotatable bonds is 4. The van der Waals surface area contributed by atoms with Crippen LogP contribution in [-0.4, -0.2) is 31.2 Å². The van der Waals surface area contributed by atoms with Gasteiger partial charge in [0.2, 0.25) is 5.91 Å². The van der Waals surface area contributed by atoms with Crippen molar-refractivity contribution >= 4 is 18.3 Å². The van der Waals surface area contributed by atoms with Gasteiger partial charge in [-0.25, -0.2) is 0 Å². The molecule has 6 heteroatoms. The molecule has 5 nitrogen and oxygen atoms in total. The Hall–Kier alpha value is -1.46. The molecule has 1 aliphatic rings. The van der Waals surface area contributed by atoms with Gasteiger partial charge in [-0.05, 0) is 19.1 Å². The molecule has 20 heavy (non-hydrogen) atoms. The molecule has 1 aliphatic heterocycles. The van der Waals surface area contributed by atoms with E-state index >= 15 is 0 Å². The first-order valence-electron chi connectivity index (χ1n) is 6.49. The second-order valence-corrected chi connectivity index (χ2v) is 4.89. The van der Waals surface area contributed by atoms with Crippen molar-refractivity contribution in [2.24, 2.45) is 11.7 Å². The highest BCUT2D eigenvalue weighted by molar-refractivity contribution is 5.85. The summed E-state index contributed by atoms with van der Waals surface area (Å²) in [5, 5.41) is 2.84. The fraction of sp³-hybridized carbons (Fsp3) is 0.500. The number of benzene rings is 1. The van der Waals surface area contributed by atoms with Gasteiger partial charge in [0, 0.05) is 12.0 Å². The highest BCUT2D eigenvalue weighted by Gasteiger charge is 2.23. The lowest BCUT2D eigenvalue weighted by molar-refractivity contribution is -0.125. The summed E-state index contributed by atoms with van der Waals surface area (Å²) in [4.78, 5) is 11.8. The maximum absolute atomic E-state index is 11.8. The minimum absolute atomic E-state index is 0. The van der Waals surface area contributed by atoms with Crippen molar-refractivity contribution in [1.29, 1.82) is 0 Å². The third-order valence-electron chi connectivity index (χ3n) is 3.27. The van der Waals surface area contributed by atoms with E-state index in [4.69, 9.17) is 15.2 Å². The van der Waals surface area contributed by atoms with E-state index in [1.54, 1.807) is 0 Å². The number of carbonyl (C=O) groups excluding carboxylic acids is 1. The van der Waals surface area contributed by atoms with Crippen LogP contribution in [0.5, 0.6) is 11.5 Å². The van der Waals surface area contributed by atoms with Crippen LogP contribution in [0.4, 0.5) is 0 Å². The fourth-order valence-corrected chi connectivity index (χ4v) is 1.78. The Morgan fingerprint density at radius 3 is 2.70 bits per heavy atom. The number of hydrogen-bond donors (Lipinski definition) is 2. The lowest BCUT2D eigenvalue weighted by Crippen LogP contribution is -2.45. The van der Waals surface area contributed by atoms with E-state index < -0.39 is 0 Å². The Labute approximate surface area is 125 Å². The van der Waals surface area contributed by atoms with Gasteiger partial charge in [0.05, 0.1) is 6.54 Å². The summed E-state index contributed by atoms with van der Waals surface area (Å²) >= 11 is 0. The highest BCUT2D eigenvalue weighted by atomic mass is 35.5. The molecule has 3 atom stereocenters. The van der Waals surface area contributed by atoms with Crippen molar-refractivity contribution in [1.82, 2.24) is 5.32 Å². The van der Waals surface area contributed by atoms with E-state index in [0.717, 1.165) is 5.75 Å². The van der Waals surface area contributed by atoms with Crippen molar-refractivity contribution < 1.29 is 14.3 Å². The van der Waals surface area contributed by atoms with Crippen molar-refractivity contribution in [3.05, 3.63) is 24.3 Å². The molecule has 112 valence electrons. The predicted molar refractivity (Wildman–Crippen MR) is 79.4 cm³/mol. The normalized spacial score (nSPS) is 19.4. The van der Waals surface area contributed by atoms with E-state index in [1.165, 1.54) is 0 Å². The summed E-state index contributed by atoms with van der Waals surface area (Å²) in [6.07, 6.45) is -0.167. The van der Waals surface area contributed by atoms with Crippen molar-refractivity contribution in [2.45, 2.75) is 26.0 Å². The molecule has 2 rings (SSSR count). The van der Waals surface area contributed by atoms with E-state index in [1.807, 2.05) is 38.1 Å². The number of ether oxygens (including phenoxy) is 2. The summed E-state index contributed by atoms with van der Waals surface area (Å²) in [6.45, 7) is 4.49. The van der Waals surface area contributed by atoms with E-state index in [2.05, 4.69) is 5.32 Å². The van der Waals surface area contributed by atoms with Crippen LogP contribution in [0.3, 0.4) is 0 Å². The minimum Gasteiger partial charge on any atom is -0.486 e. The number of nitrogens with one attached hydrogen (secondary N) is 1. The predicted octanol–water partition coefficient (Wildman–Crippen LogP) is 1.35. The van der Waals surface area contributed by atoms with Gasteiger partial charge in [-0.3, -0.25) is 4.79 Å². The van der Waals surface area contributed by atoms with Gasteiger partial charge in [-0.2, -0.15) is 0 Å². The van der Waals surface area contributed by atoms with Crippen LogP contribution < -0.4 is 20.5 Å². The SMILES string of the molecule is CC(N)C(C)C(=O)NCC1COc2ccccc2O1.Cl. The molecule has 0 saturated heterocycles. The van der Waals surface area contributed by atoms with Crippen LogP contribution in [-0.2, 0) is 4.79 Å². The van der Waals surface area contributed by atoms with Crippen LogP contribution in [0.1, 0.15) is 13.8 Å². The Kier molecular flexibility index (Phi) is 6.10. The number of para-hydroxylation sites is 2. The molecule has 1 aromatic carbocycles. The van der Waals surface area contributed by atoms with E-state index in [0.29, 0.717) is 18.9 Å². The summed E-state index contributed by atoms with van der Waals surface area (Å²) in [5.41, 5.74) is 5.69. The van der Waals surface area contributed by atoms with Crippen LogP contribution >= 0.6 is 12.4 Å². The van der Waals surface area contributed by atoms with Crippen LogP contribution in [0.25, 0.3) is 0 Å². The zero-order valence-corrected chi connectivity index (χ0v) is 12.5. The number of hydrogen-bond acceptors (Lipinski definition) is 4. The summed E-state index contributed by atoms with van der Waals surface area (Å²) in [6, 6.07) is 7.34. The van der Waals surface area contributed by atoms with Gasteiger partial charge in [0.1, 0.15) is 12.7 Å². The molecular formula is C14H21ClN2O3. The maximum atomic E-state index is 11.8. The van der Waals surface area contributed by atoms with Gasteiger partial charge < -0.3 is 20.5 Å². The van der Waals surface area contributed by atoms with Gasteiger partial charge in [0.15, 0.2) is 11.5 Å². The number of carbonyl (C=O) groups is 1. The average molecular weight is 301 g/mol. The van der Waals surface area contributed by atoms with Crippen LogP contribution in [0.15, 0.2) is 24.3 Å². The van der Waals surface area contributed by atoms with Crippen molar-refractivity contribution in [3.63, 3.8) is 0 Å². The van der Waals surface area contributed by atoms with E-state index in [-0.39, 0.29) is 36.4 Å². The first kappa shape index (κ1) is 16.6. The first-order valence-corrected chi connectivity index (χ1v) is 6.49. The first-order chi connectivity index (χ1) is 9.08. The standard InChI is InChI=1S/C14H20N2O3.ClH/c1-9(10(2)15)14(17)16-7-11-8-18-12-5-3-4-6-13(12)19-11;/h3-6,9-11H,7-8,15H2,1-2H3,(H,16,17);1H. The molecule has 1 aromatic rings. The molecule has 0 spiro atoms. The third kappa shape index (κ3) is 4.02. The minimum atomic E-state index is -0.211. The second kappa shape index (κ2) is 7.36. The van der Waals surface area contributed by atoms with Crippen LogP contribution in [0.2, 0.25) is 0 Å². The van der Waals surface area contributed by atoms with Crippen LogP contribution in [0, 0.1) is 5.92 Å². The van der Waals surface area contributed by atoms with Crippen molar-refractivity contribution in [2.75, 3.05) is 13.2 Å². The molecular weight excluding hydrogens is 280 g/mol. The summed E-state index contributed by atoms with van der Waals surface area (Å²) < 4.78 is 11.3. The topological polar surface area (TPSA) is 73.6 Å². The number of halogens is 1. The summed E-state index contributed by atoms with van der Waals surface area (Å²) in [7, 11) is 0. The molecule has 0 aliphatic carbocycles. The maximum Gasteiger partial charge on any atom is 0.224 e. The van der Waals surface area contributed by atoms with Gasteiger partial charge in [-0.1, -0.05) is 19.1 Å². The number of nitrogens with two attached hydrogens (primary N) is 1. The quantitative estimate of drug-likeness (QED) is 0.880. The molecule has 1 heterocycles. The second-order valence-electron chi connectivity index (χ2n) is 4.89. The highest BCUT2D eigenvalue weighted by Crippen LogP contribution is 2.30. The molecule has 0 radical (unpaired) electrons.